The van der Waals surface area contributed by atoms with Gasteiger partial charge in [0, 0.05) is 19.3 Å². The van der Waals surface area contributed by atoms with Gasteiger partial charge in [0.2, 0.25) is 5.91 Å². The van der Waals surface area contributed by atoms with Crippen molar-refractivity contribution in [1.82, 2.24) is 5.32 Å². The maximum atomic E-state index is 13.1. The maximum Gasteiger partial charge on any atom is 0.294 e. The van der Waals surface area contributed by atoms with Crippen LogP contribution in [0.5, 0.6) is 5.75 Å². The van der Waals surface area contributed by atoms with Crippen molar-refractivity contribution in [3.63, 3.8) is 0 Å². The number of anilines is 1. The van der Waals surface area contributed by atoms with E-state index in [9.17, 15) is 9.59 Å². The second kappa shape index (κ2) is 11.0. The van der Waals surface area contributed by atoms with E-state index in [0.29, 0.717) is 25.4 Å². The SMILES string of the molecule is COCCNC(=O)Cc1ccc(N(Cc2ccc(OC)cc2)C(=O)c2ccco2)cc1. The number of nitrogens with one attached hydrogen (secondary N) is 1. The van der Waals surface area contributed by atoms with Crippen molar-refractivity contribution in [1.29, 1.82) is 0 Å². The fourth-order valence-electron chi connectivity index (χ4n) is 3.06. The van der Waals surface area contributed by atoms with E-state index in [-0.39, 0.29) is 24.0 Å². The van der Waals surface area contributed by atoms with Crippen LogP contribution in [0.3, 0.4) is 0 Å². The molecule has 0 aliphatic carbocycles. The Balaban J connectivity index is 1.76. The molecule has 1 aromatic heterocycles. The van der Waals surface area contributed by atoms with Crippen molar-refractivity contribution >= 4 is 17.5 Å². The number of carbonyl (C=O) groups is 2. The zero-order valence-corrected chi connectivity index (χ0v) is 17.7. The molecule has 1 heterocycles. The third kappa shape index (κ3) is 6.20. The van der Waals surface area contributed by atoms with Gasteiger partial charge in [0.05, 0.1) is 32.9 Å². The lowest BCUT2D eigenvalue weighted by Gasteiger charge is -2.22. The van der Waals surface area contributed by atoms with Crippen LogP contribution in [0, 0.1) is 0 Å². The number of rotatable bonds is 10. The van der Waals surface area contributed by atoms with E-state index in [4.69, 9.17) is 13.9 Å². The molecule has 3 aromatic rings. The maximum absolute atomic E-state index is 13.1. The first kappa shape index (κ1) is 22.1. The fraction of sp³-hybridized carbons (Fsp3) is 0.250. The molecule has 7 heteroatoms. The molecule has 162 valence electrons. The number of hydrogen-bond acceptors (Lipinski definition) is 5. The van der Waals surface area contributed by atoms with E-state index in [1.165, 1.54) is 6.26 Å². The molecular formula is C24H26N2O5. The number of amides is 2. The summed E-state index contributed by atoms with van der Waals surface area (Å²) >= 11 is 0. The highest BCUT2D eigenvalue weighted by atomic mass is 16.5. The molecule has 0 fully saturated rings. The molecular weight excluding hydrogens is 396 g/mol. The minimum atomic E-state index is -0.245. The van der Waals surface area contributed by atoms with Crippen LogP contribution < -0.4 is 15.0 Å². The molecule has 1 N–H and O–H groups in total. The first-order valence-electron chi connectivity index (χ1n) is 9.93. The molecule has 31 heavy (non-hydrogen) atoms. The second-order valence-corrected chi connectivity index (χ2v) is 6.90. The second-order valence-electron chi connectivity index (χ2n) is 6.90. The minimum absolute atomic E-state index is 0.0773. The molecule has 0 radical (unpaired) electrons. The van der Waals surface area contributed by atoms with Crippen LogP contribution in [0.25, 0.3) is 0 Å². The Kier molecular flexibility index (Phi) is 7.84. The highest BCUT2D eigenvalue weighted by molar-refractivity contribution is 6.04. The number of methoxy groups -OCH3 is 2. The Morgan fingerprint density at radius 1 is 0.968 bits per heavy atom. The lowest BCUT2D eigenvalue weighted by atomic mass is 10.1. The van der Waals surface area contributed by atoms with E-state index in [1.54, 1.807) is 31.3 Å². The molecule has 0 unspecified atom stereocenters. The van der Waals surface area contributed by atoms with Gasteiger partial charge in [-0.3, -0.25) is 9.59 Å². The molecule has 0 saturated heterocycles. The summed E-state index contributed by atoms with van der Waals surface area (Å²) in [5, 5.41) is 2.80. The van der Waals surface area contributed by atoms with Crippen LogP contribution in [0.4, 0.5) is 5.69 Å². The average molecular weight is 422 g/mol. The molecule has 7 nitrogen and oxygen atoms in total. The normalized spacial score (nSPS) is 10.5. The van der Waals surface area contributed by atoms with Crippen LogP contribution in [-0.2, 0) is 22.5 Å². The van der Waals surface area contributed by atoms with Crippen molar-refractivity contribution in [3.8, 4) is 5.75 Å². The third-order valence-corrected chi connectivity index (χ3v) is 4.72. The fourth-order valence-corrected chi connectivity index (χ4v) is 3.06. The average Bonchev–Trinajstić information content (AvgIpc) is 3.33. The number of hydrogen-bond donors (Lipinski definition) is 1. The Morgan fingerprint density at radius 3 is 2.29 bits per heavy atom. The molecule has 0 aliphatic rings. The summed E-state index contributed by atoms with van der Waals surface area (Å²) in [7, 11) is 3.20. The summed E-state index contributed by atoms with van der Waals surface area (Å²) in [6.45, 7) is 1.31. The zero-order chi connectivity index (χ0) is 22.1. The van der Waals surface area contributed by atoms with E-state index < -0.39 is 0 Å². The highest BCUT2D eigenvalue weighted by Gasteiger charge is 2.20. The number of nitrogens with zero attached hydrogens (tertiary/aromatic N) is 1. The first-order valence-corrected chi connectivity index (χ1v) is 9.93. The zero-order valence-electron chi connectivity index (χ0n) is 17.7. The van der Waals surface area contributed by atoms with Crippen LogP contribution in [-0.4, -0.2) is 39.2 Å². The summed E-state index contributed by atoms with van der Waals surface area (Å²) in [6, 6.07) is 18.2. The van der Waals surface area contributed by atoms with E-state index in [2.05, 4.69) is 5.32 Å². The van der Waals surface area contributed by atoms with Gasteiger partial charge in [-0.1, -0.05) is 24.3 Å². The molecule has 0 bridgehead atoms. The van der Waals surface area contributed by atoms with Gasteiger partial charge in [0.25, 0.3) is 5.91 Å². The van der Waals surface area contributed by atoms with Gasteiger partial charge in [0.15, 0.2) is 5.76 Å². The topological polar surface area (TPSA) is 81.0 Å². The van der Waals surface area contributed by atoms with E-state index in [1.807, 2.05) is 48.5 Å². The van der Waals surface area contributed by atoms with Gasteiger partial charge in [-0.2, -0.15) is 0 Å². The van der Waals surface area contributed by atoms with Crippen molar-refractivity contribution in [3.05, 3.63) is 83.8 Å². The van der Waals surface area contributed by atoms with Crippen LogP contribution in [0.2, 0.25) is 0 Å². The molecule has 0 saturated carbocycles. The summed E-state index contributed by atoms with van der Waals surface area (Å²) < 4.78 is 15.5. The molecule has 2 aromatic carbocycles. The van der Waals surface area contributed by atoms with Gasteiger partial charge in [-0.15, -0.1) is 0 Å². The largest absolute Gasteiger partial charge is 0.497 e. The highest BCUT2D eigenvalue weighted by Crippen LogP contribution is 2.22. The number of furan rings is 1. The van der Waals surface area contributed by atoms with Gasteiger partial charge < -0.3 is 24.1 Å². The van der Waals surface area contributed by atoms with Gasteiger partial charge in [-0.25, -0.2) is 0 Å². The van der Waals surface area contributed by atoms with Gasteiger partial charge >= 0.3 is 0 Å². The standard InChI is InChI=1S/C24H26N2O5/c1-29-15-13-25-23(27)16-18-5-9-20(10-6-18)26(24(28)22-4-3-14-31-22)17-19-7-11-21(30-2)12-8-19/h3-12,14H,13,15-17H2,1-2H3,(H,25,27). The third-order valence-electron chi connectivity index (χ3n) is 4.72. The molecule has 2 amide bonds. The number of ether oxygens (including phenoxy) is 2. The predicted molar refractivity (Wildman–Crippen MR) is 117 cm³/mol. The van der Waals surface area contributed by atoms with Crippen LogP contribution in [0.15, 0.2) is 71.3 Å². The van der Waals surface area contributed by atoms with Gasteiger partial charge in [0.1, 0.15) is 5.75 Å². The summed E-state index contributed by atoms with van der Waals surface area (Å²) in [5.41, 5.74) is 2.51. The quantitative estimate of drug-likeness (QED) is 0.506. The van der Waals surface area contributed by atoms with Crippen molar-refractivity contribution in [2.75, 3.05) is 32.3 Å². The Morgan fingerprint density at radius 2 is 1.68 bits per heavy atom. The van der Waals surface area contributed by atoms with E-state index >= 15 is 0 Å². The monoisotopic (exact) mass is 422 g/mol. The van der Waals surface area contributed by atoms with Crippen LogP contribution >= 0.6 is 0 Å². The molecule has 0 spiro atoms. The van der Waals surface area contributed by atoms with Crippen LogP contribution in [0.1, 0.15) is 21.7 Å². The van der Waals surface area contributed by atoms with Crippen molar-refractivity contribution < 1.29 is 23.5 Å². The molecule has 0 atom stereocenters. The van der Waals surface area contributed by atoms with Gasteiger partial charge in [-0.05, 0) is 47.5 Å². The molecule has 3 rings (SSSR count). The summed E-state index contributed by atoms with van der Waals surface area (Å²) in [5.74, 6) is 0.688. The Labute approximate surface area is 181 Å². The summed E-state index contributed by atoms with van der Waals surface area (Å²) in [4.78, 5) is 26.7. The van der Waals surface area contributed by atoms with E-state index in [0.717, 1.165) is 16.9 Å². The summed E-state index contributed by atoms with van der Waals surface area (Å²) in [6.07, 6.45) is 1.73. The van der Waals surface area contributed by atoms with Crippen molar-refractivity contribution in [2.45, 2.75) is 13.0 Å². The Hall–Kier alpha value is -3.58. The smallest absolute Gasteiger partial charge is 0.294 e. The lowest BCUT2D eigenvalue weighted by Crippen LogP contribution is -2.30. The Bertz CT molecular complexity index is 966. The number of benzene rings is 2. The number of carbonyl (C=O) groups excluding carboxylic acids is 2. The molecule has 0 aliphatic heterocycles. The van der Waals surface area contributed by atoms with Crippen molar-refractivity contribution in [2.24, 2.45) is 0 Å². The predicted octanol–water partition coefficient (Wildman–Crippen LogP) is 3.44. The minimum Gasteiger partial charge on any atom is -0.497 e. The lowest BCUT2D eigenvalue weighted by molar-refractivity contribution is -0.120. The first-order chi connectivity index (χ1) is 15.1.